The molecule has 0 amide bonds. The molecule has 2 rings (SSSR count). The second-order valence-corrected chi connectivity index (χ2v) is 5.44. The summed E-state index contributed by atoms with van der Waals surface area (Å²) in [7, 11) is 3.07. The SMILES string of the molecule is CCC1CCC(C(O)c2ncc(OC)nc2OC)CC1. The summed E-state index contributed by atoms with van der Waals surface area (Å²) < 4.78 is 10.3. The molecule has 1 fully saturated rings. The van der Waals surface area contributed by atoms with E-state index in [1.165, 1.54) is 39.7 Å². The minimum absolute atomic E-state index is 0.245. The highest BCUT2D eigenvalue weighted by atomic mass is 16.5. The standard InChI is InChI=1S/C15H24N2O3/c1-4-10-5-7-11(8-6-10)14(18)13-15(20-3)17-12(19-2)9-16-13/h9-11,14,18H,4-8H2,1-3H3. The number of ether oxygens (including phenoxy) is 2. The summed E-state index contributed by atoms with van der Waals surface area (Å²) in [6, 6.07) is 0. The number of aromatic nitrogens is 2. The molecule has 1 saturated carbocycles. The van der Waals surface area contributed by atoms with Crippen molar-refractivity contribution in [3.05, 3.63) is 11.9 Å². The number of rotatable bonds is 5. The summed E-state index contributed by atoms with van der Waals surface area (Å²) in [6.07, 6.45) is 6.59. The van der Waals surface area contributed by atoms with Crippen LogP contribution in [0.3, 0.4) is 0 Å². The smallest absolute Gasteiger partial charge is 0.241 e. The van der Waals surface area contributed by atoms with Crippen molar-refractivity contribution in [1.82, 2.24) is 9.97 Å². The van der Waals surface area contributed by atoms with Gasteiger partial charge < -0.3 is 14.6 Å². The molecule has 1 heterocycles. The predicted molar refractivity (Wildman–Crippen MR) is 75.8 cm³/mol. The van der Waals surface area contributed by atoms with E-state index in [-0.39, 0.29) is 5.92 Å². The number of hydrogen-bond acceptors (Lipinski definition) is 5. The molecule has 1 N–H and O–H groups in total. The highest BCUT2D eigenvalue weighted by molar-refractivity contribution is 5.25. The first-order valence-corrected chi connectivity index (χ1v) is 7.32. The van der Waals surface area contributed by atoms with Crippen LogP contribution < -0.4 is 9.47 Å². The number of aliphatic hydroxyl groups excluding tert-OH is 1. The molecule has 0 spiro atoms. The summed E-state index contributed by atoms with van der Waals surface area (Å²) in [5, 5.41) is 10.6. The van der Waals surface area contributed by atoms with Gasteiger partial charge in [-0.15, -0.1) is 0 Å². The van der Waals surface area contributed by atoms with E-state index in [1.54, 1.807) is 0 Å². The van der Waals surface area contributed by atoms with Crippen LogP contribution in [0.2, 0.25) is 0 Å². The Morgan fingerprint density at radius 1 is 1.25 bits per heavy atom. The highest BCUT2D eigenvalue weighted by Crippen LogP contribution is 2.39. The summed E-state index contributed by atoms with van der Waals surface area (Å²) in [5.74, 6) is 1.80. The molecule has 0 saturated heterocycles. The van der Waals surface area contributed by atoms with E-state index in [1.807, 2.05) is 0 Å². The van der Waals surface area contributed by atoms with Crippen molar-refractivity contribution in [2.45, 2.75) is 45.1 Å². The molecule has 1 aromatic heterocycles. The molecular formula is C15H24N2O3. The van der Waals surface area contributed by atoms with Gasteiger partial charge in [0.05, 0.1) is 20.4 Å². The molecule has 1 aliphatic carbocycles. The Bertz CT molecular complexity index is 431. The van der Waals surface area contributed by atoms with E-state index in [4.69, 9.17) is 9.47 Å². The number of hydrogen-bond donors (Lipinski definition) is 1. The summed E-state index contributed by atoms with van der Waals surface area (Å²) >= 11 is 0. The van der Waals surface area contributed by atoms with Gasteiger partial charge in [0.25, 0.3) is 0 Å². The van der Waals surface area contributed by atoms with Crippen molar-refractivity contribution in [3.8, 4) is 11.8 Å². The summed E-state index contributed by atoms with van der Waals surface area (Å²) in [4.78, 5) is 8.46. The maximum atomic E-state index is 10.6. The second kappa shape index (κ2) is 6.88. The van der Waals surface area contributed by atoms with Gasteiger partial charge in [-0.1, -0.05) is 26.2 Å². The predicted octanol–water partition coefficient (Wildman–Crippen LogP) is 2.74. The molecule has 0 aliphatic heterocycles. The number of nitrogens with zero attached hydrogens (tertiary/aromatic N) is 2. The van der Waals surface area contributed by atoms with Crippen molar-refractivity contribution in [2.75, 3.05) is 14.2 Å². The maximum Gasteiger partial charge on any atom is 0.241 e. The zero-order valence-corrected chi connectivity index (χ0v) is 12.5. The number of aliphatic hydroxyl groups is 1. The maximum absolute atomic E-state index is 10.6. The average Bonchev–Trinajstić information content (AvgIpc) is 2.53. The molecular weight excluding hydrogens is 256 g/mol. The molecule has 0 radical (unpaired) electrons. The molecule has 5 nitrogen and oxygen atoms in total. The van der Waals surface area contributed by atoms with Gasteiger partial charge in [0.15, 0.2) is 0 Å². The van der Waals surface area contributed by atoms with E-state index in [2.05, 4.69) is 16.9 Å². The lowest BCUT2D eigenvalue weighted by Crippen LogP contribution is -2.21. The Kier molecular flexibility index (Phi) is 5.17. The van der Waals surface area contributed by atoms with Crippen molar-refractivity contribution in [1.29, 1.82) is 0 Å². The van der Waals surface area contributed by atoms with Crippen LogP contribution in [0, 0.1) is 11.8 Å². The van der Waals surface area contributed by atoms with Crippen molar-refractivity contribution in [3.63, 3.8) is 0 Å². The third kappa shape index (κ3) is 3.20. The minimum Gasteiger partial charge on any atom is -0.480 e. The third-order valence-corrected chi connectivity index (χ3v) is 4.34. The summed E-state index contributed by atoms with van der Waals surface area (Å²) in [5.41, 5.74) is 0.522. The van der Waals surface area contributed by atoms with Gasteiger partial charge in [-0.25, -0.2) is 4.98 Å². The Balaban J connectivity index is 2.10. The minimum atomic E-state index is -0.610. The van der Waals surface area contributed by atoms with Gasteiger partial charge in [0.2, 0.25) is 11.8 Å². The van der Waals surface area contributed by atoms with Gasteiger partial charge in [0, 0.05) is 0 Å². The Morgan fingerprint density at radius 3 is 2.50 bits per heavy atom. The summed E-state index contributed by atoms with van der Waals surface area (Å²) in [6.45, 7) is 2.24. The molecule has 112 valence electrons. The van der Waals surface area contributed by atoms with Crippen LogP contribution in [0.15, 0.2) is 6.20 Å². The second-order valence-electron chi connectivity index (χ2n) is 5.44. The molecule has 1 aromatic rings. The molecule has 0 bridgehead atoms. The Morgan fingerprint density at radius 2 is 1.95 bits per heavy atom. The lowest BCUT2D eigenvalue weighted by molar-refractivity contribution is 0.0665. The van der Waals surface area contributed by atoms with Crippen molar-refractivity contribution < 1.29 is 14.6 Å². The fourth-order valence-corrected chi connectivity index (χ4v) is 2.95. The van der Waals surface area contributed by atoms with E-state index in [0.29, 0.717) is 17.5 Å². The van der Waals surface area contributed by atoms with E-state index < -0.39 is 6.10 Å². The van der Waals surface area contributed by atoms with Crippen LogP contribution >= 0.6 is 0 Å². The normalized spacial score (nSPS) is 24.2. The topological polar surface area (TPSA) is 64.5 Å². The van der Waals surface area contributed by atoms with Gasteiger partial charge in [0.1, 0.15) is 11.8 Å². The van der Waals surface area contributed by atoms with Crippen LogP contribution in [0.4, 0.5) is 0 Å². The zero-order chi connectivity index (χ0) is 14.5. The molecule has 1 unspecified atom stereocenters. The quantitative estimate of drug-likeness (QED) is 0.898. The van der Waals surface area contributed by atoms with Gasteiger partial charge in [-0.05, 0) is 24.7 Å². The van der Waals surface area contributed by atoms with E-state index in [0.717, 1.165) is 18.8 Å². The van der Waals surface area contributed by atoms with Crippen LogP contribution in [0.1, 0.15) is 50.8 Å². The fourth-order valence-electron chi connectivity index (χ4n) is 2.95. The van der Waals surface area contributed by atoms with Crippen molar-refractivity contribution in [2.24, 2.45) is 11.8 Å². The zero-order valence-electron chi connectivity index (χ0n) is 12.5. The van der Waals surface area contributed by atoms with E-state index >= 15 is 0 Å². The number of methoxy groups -OCH3 is 2. The lowest BCUT2D eigenvalue weighted by atomic mass is 9.78. The molecule has 5 heteroatoms. The highest BCUT2D eigenvalue weighted by Gasteiger charge is 2.30. The third-order valence-electron chi connectivity index (χ3n) is 4.34. The van der Waals surface area contributed by atoms with E-state index in [9.17, 15) is 5.11 Å². The van der Waals surface area contributed by atoms with Gasteiger partial charge in [-0.2, -0.15) is 4.98 Å². The first kappa shape index (κ1) is 15.0. The first-order valence-electron chi connectivity index (χ1n) is 7.32. The van der Waals surface area contributed by atoms with Crippen LogP contribution in [0.25, 0.3) is 0 Å². The Hall–Kier alpha value is -1.36. The average molecular weight is 280 g/mol. The monoisotopic (exact) mass is 280 g/mol. The van der Waals surface area contributed by atoms with Gasteiger partial charge in [-0.3, -0.25) is 0 Å². The Labute approximate surface area is 120 Å². The lowest BCUT2D eigenvalue weighted by Gasteiger charge is -2.30. The largest absolute Gasteiger partial charge is 0.480 e. The van der Waals surface area contributed by atoms with Crippen molar-refractivity contribution >= 4 is 0 Å². The van der Waals surface area contributed by atoms with Crippen LogP contribution in [-0.4, -0.2) is 29.3 Å². The van der Waals surface area contributed by atoms with Crippen LogP contribution in [-0.2, 0) is 0 Å². The molecule has 1 aliphatic rings. The molecule has 20 heavy (non-hydrogen) atoms. The van der Waals surface area contributed by atoms with Gasteiger partial charge >= 0.3 is 0 Å². The fraction of sp³-hybridized carbons (Fsp3) is 0.733. The molecule has 1 atom stereocenters. The molecule has 0 aromatic carbocycles. The van der Waals surface area contributed by atoms with Crippen LogP contribution in [0.5, 0.6) is 11.8 Å². The first-order chi connectivity index (χ1) is 9.69.